The van der Waals surface area contributed by atoms with Crippen LogP contribution in [0.15, 0.2) is 10.7 Å². The number of nitrogens with zero attached hydrogens (tertiary/aromatic N) is 4. The van der Waals surface area contributed by atoms with Gasteiger partial charge in [-0.3, -0.25) is 4.79 Å². The van der Waals surface area contributed by atoms with Crippen molar-refractivity contribution in [3.8, 4) is 0 Å². The van der Waals surface area contributed by atoms with Crippen molar-refractivity contribution in [3.63, 3.8) is 0 Å². The molecule has 0 aromatic carbocycles. The van der Waals surface area contributed by atoms with Crippen LogP contribution in [-0.4, -0.2) is 39.2 Å². The lowest BCUT2D eigenvalue weighted by Crippen LogP contribution is -2.33. The Balaban J connectivity index is 1.61. The van der Waals surface area contributed by atoms with E-state index < -0.39 is 0 Å². The summed E-state index contributed by atoms with van der Waals surface area (Å²) in [5, 5.41) is 14.6. The van der Waals surface area contributed by atoms with Crippen molar-refractivity contribution >= 4 is 5.91 Å². The average Bonchev–Trinajstić information content (AvgIpc) is 2.96. The van der Waals surface area contributed by atoms with Crippen LogP contribution in [0, 0.1) is 19.8 Å². The minimum atomic E-state index is -0.187. The number of ether oxygens (including phenoxy) is 1. The summed E-state index contributed by atoms with van der Waals surface area (Å²) in [4.78, 5) is 12.0. The molecule has 2 aromatic heterocycles. The van der Waals surface area contributed by atoms with Crippen LogP contribution in [0.25, 0.3) is 0 Å². The molecule has 0 saturated heterocycles. The predicted molar refractivity (Wildman–Crippen MR) is 71.5 cm³/mol. The lowest BCUT2D eigenvalue weighted by atomic mass is 10.1. The van der Waals surface area contributed by atoms with E-state index in [1.807, 2.05) is 11.6 Å². The molecule has 1 aliphatic heterocycles. The van der Waals surface area contributed by atoms with E-state index in [0.717, 1.165) is 11.4 Å². The van der Waals surface area contributed by atoms with Gasteiger partial charge in [-0.2, -0.15) is 0 Å². The maximum Gasteiger partial charge on any atom is 0.256 e. The fraction of sp³-hybridized carbons (Fsp3) is 0.538. The van der Waals surface area contributed by atoms with Gasteiger partial charge in [-0.1, -0.05) is 10.4 Å². The first kappa shape index (κ1) is 13.7. The van der Waals surface area contributed by atoms with E-state index in [1.54, 1.807) is 6.92 Å². The second-order valence-corrected chi connectivity index (χ2v) is 5.19. The summed E-state index contributed by atoms with van der Waals surface area (Å²) in [6, 6.07) is 0. The summed E-state index contributed by atoms with van der Waals surface area (Å²) >= 11 is 0. The van der Waals surface area contributed by atoms with Gasteiger partial charge >= 0.3 is 0 Å². The highest BCUT2D eigenvalue weighted by Crippen LogP contribution is 2.14. The second kappa shape index (κ2) is 5.65. The van der Waals surface area contributed by atoms with Crippen LogP contribution in [-0.2, 0) is 17.9 Å². The first-order chi connectivity index (χ1) is 10.1. The summed E-state index contributed by atoms with van der Waals surface area (Å²) in [5.74, 6) is 0.475. The van der Waals surface area contributed by atoms with Crippen LogP contribution in [0.5, 0.6) is 0 Å². The molecule has 0 saturated carbocycles. The number of nitrogens with one attached hydrogen (secondary N) is 1. The van der Waals surface area contributed by atoms with Crippen LogP contribution in [0.1, 0.15) is 27.5 Å². The first-order valence-corrected chi connectivity index (χ1v) is 6.81. The molecule has 1 amide bonds. The molecule has 0 bridgehead atoms. The largest absolute Gasteiger partial charge is 0.375 e. The zero-order valence-corrected chi connectivity index (χ0v) is 12.0. The molecule has 0 spiro atoms. The van der Waals surface area contributed by atoms with Gasteiger partial charge < -0.3 is 14.6 Å². The van der Waals surface area contributed by atoms with E-state index in [0.29, 0.717) is 37.6 Å². The van der Waals surface area contributed by atoms with Crippen LogP contribution >= 0.6 is 0 Å². The molecule has 3 rings (SSSR count). The van der Waals surface area contributed by atoms with E-state index in [-0.39, 0.29) is 11.8 Å². The van der Waals surface area contributed by atoms with Crippen molar-refractivity contribution in [3.05, 3.63) is 28.9 Å². The number of aromatic nitrogens is 4. The standard InChI is InChI=1S/C13H17N5O3/c1-8-12-7-20-6-10(5-18(12)17-16-8)3-14-13(19)11-4-15-21-9(11)2/h4,10H,3,5-7H2,1-2H3,(H,14,19)/t10-/m1/s1. The molecule has 1 N–H and O–H groups in total. The van der Waals surface area contributed by atoms with Crippen LogP contribution in [0.2, 0.25) is 0 Å². The minimum Gasteiger partial charge on any atom is -0.375 e. The van der Waals surface area contributed by atoms with Crippen molar-refractivity contribution in [2.45, 2.75) is 27.0 Å². The van der Waals surface area contributed by atoms with Gasteiger partial charge in [0.15, 0.2) is 0 Å². The summed E-state index contributed by atoms with van der Waals surface area (Å²) in [6.07, 6.45) is 1.42. The maximum absolute atomic E-state index is 12.0. The normalized spacial score (nSPS) is 18.1. The van der Waals surface area contributed by atoms with E-state index >= 15 is 0 Å². The number of carbonyl (C=O) groups excluding carboxylic acids is 1. The number of carbonyl (C=O) groups is 1. The van der Waals surface area contributed by atoms with E-state index in [1.165, 1.54) is 6.20 Å². The van der Waals surface area contributed by atoms with Crippen molar-refractivity contribution in [1.82, 2.24) is 25.5 Å². The van der Waals surface area contributed by atoms with Gasteiger partial charge in [0.2, 0.25) is 0 Å². The number of rotatable bonds is 3. The fourth-order valence-electron chi connectivity index (χ4n) is 2.34. The number of fused-ring (bicyclic) bond motifs is 1. The Bertz CT molecular complexity index is 648. The Morgan fingerprint density at radius 2 is 2.38 bits per heavy atom. The van der Waals surface area contributed by atoms with Crippen molar-refractivity contribution in [1.29, 1.82) is 0 Å². The van der Waals surface area contributed by atoms with Gasteiger partial charge in [-0.05, 0) is 13.8 Å². The lowest BCUT2D eigenvalue weighted by Gasteiger charge is -2.14. The van der Waals surface area contributed by atoms with Crippen LogP contribution < -0.4 is 5.32 Å². The van der Waals surface area contributed by atoms with E-state index in [2.05, 4.69) is 20.8 Å². The Morgan fingerprint density at radius 1 is 1.52 bits per heavy atom. The quantitative estimate of drug-likeness (QED) is 0.882. The van der Waals surface area contributed by atoms with Crippen molar-refractivity contribution < 1.29 is 14.1 Å². The molecule has 21 heavy (non-hydrogen) atoms. The van der Waals surface area contributed by atoms with Gasteiger partial charge in [-0.15, -0.1) is 5.10 Å². The first-order valence-electron chi connectivity index (χ1n) is 6.81. The molecule has 0 radical (unpaired) electrons. The Morgan fingerprint density at radius 3 is 3.14 bits per heavy atom. The zero-order chi connectivity index (χ0) is 14.8. The average molecular weight is 291 g/mol. The second-order valence-electron chi connectivity index (χ2n) is 5.19. The molecule has 0 fully saturated rings. The lowest BCUT2D eigenvalue weighted by molar-refractivity contribution is 0.0849. The van der Waals surface area contributed by atoms with Crippen molar-refractivity contribution in [2.75, 3.05) is 13.2 Å². The number of amides is 1. The molecule has 112 valence electrons. The Kier molecular flexibility index (Phi) is 3.70. The summed E-state index contributed by atoms with van der Waals surface area (Å²) in [5.41, 5.74) is 2.35. The van der Waals surface area contributed by atoms with Gasteiger partial charge in [0.1, 0.15) is 11.3 Å². The molecule has 1 atom stereocenters. The Hall–Kier alpha value is -2.22. The molecule has 1 aliphatic rings. The minimum absolute atomic E-state index is 0.150. The topological polar surface area (TPSA) is 95.1 Å². The summed E-state index contributed by atoms with van der Waals surface area (Å²) in [7, 11) is 0. The van der Waals surface area contributed by atoms with E-state index in [4.69, 9.17) is 9.26 Å². The predicted octanol–water partition coefficient (Wildman–Crippen LogP) is 0.459. The SMILES string of the molecule is Cc1nnn2c1COC[C@H](CNC(=O)c1cnoc1C)C2. The summed E-state index contributed by atoms with van der Waals surface area (Å²) in [6.45, 7) is 5.89. The smallest absolute Gasteiger partial charge is 0.256 e. The number of hydrogen-bond donors (Lipinski definition) is 1. The van der Waals surface area contributed by atoms with Gasteiger partial charge in [0, 0.05) is 19.0 Å². The van der Waals surface area contributed by atoms with Crippen LogP contribution in [0.4, 0.5) is 0 Å². The molecule has 2 aromatic rings. The molecular weight excluding hydrogens is 274 g/mol. The highest BCUT2D eigenvalue weighted by Gasteiger charge is 2.21. The molecule has 0 unspecified atom stereocenters. The molecule has 8 heteroatoms. The van der Waals surface area contributed by atoms with Crippen LogP contribution in [0.3, 0.4) is 0 Å². The third-order valence-corrected chi connectivity index (χ3v) is 3.60. The molecule has 3 heterocycles. The van der Waals surface area contributed by atoms with Gasteiger partial charge in [0.05, 0.1) is 30.8 Å². The summed E-state index contributed by atoms with van der Waals surface area (Å²) < 4.78 is 12.4. The van der Waals surface area contributed by atoms with E-state index in [9.17, 15) is 4.79 Å². The number of hydrogen-bond acceptors (Lipinski definition) is 6. The fourth-order valence-corrected chi connectivity index (χ4v) is 2.34. The zero-order valence-electron chi connectivity index (χ0n) is 12.0. The maximum atomic E-state index is 12.0. The molecular formula is C13H17N5O3. The van der Waals surface area contributed by atoms with Gasteiger partial charge in [-0.25, -0.2) is 4.68 Å². The highest BCUT2D eigenvalue weighted by molar-refractivity contribution is 5.94. The monoisotopic (exact) mass is 291 g/mol. The highest BCUT2D eigenvalue weighted by atomic mass is 16.5. The van der Waals surface area contributed by atoms with Crippen molar-refractivity contribution in [2.24, 2.45) is 5.92 Å². The number of aryl methyl sites for hydroxylation is 2. The molecule has 0 aliphatic carbocycles. The Labute approximate surface area is 121 Å². The third-order valence-electron chi connectivity index (χ3n) is 3.60. The molecule has 8 nitrogen and oxygen atoms in total. The van der Waals surface area contributed by atoms with Gasteiger partial charge in [0.25, 0.3) is 5.91 Å². The third kappa shape index (κ3) is 2.80.